The van der Waals surface area contributed by atoms with Crippen molar-refractivity contribution in [3.63, 3.8) is 0 Å². The molecule has 31 heavy (non-hydrogen) atoms. The van der Waals surface area contributed by atoms with Crippen LogP contribution >= 0.6 is 0 Å². The van der Waals surface area contributed by atoms with Crippen LogP contribution in [0.25, 0.3) is 16.9 Å². The van der Waals surface area contributed by atoms with Gasteiger partial charge in [-0.2, -0.15) is 0 Å². The highest BCUT2D eigenvalue weighted by molar-refractivity contribution is 5.88. The van der Waals surface area contributed by atoms with Gasteiger partial charge >= 0.3 is 0 Å². The topological polar surface area (TPSA) is 111 Å². The third kappa shape index (κ3) is 4.50. The lowest BCUT2D eigenvalue weighted by atomic mass is 10.1. The number of aromatic amines is 1. The lowest BCUT2D eigenvalue weighted by Crippen LogP contribution is -2.17. The Morgan fingerprint density at radius 3 is 2.58 bits per heavy atom. The van der Waals surface area contributed by atoms with Crippen LogP contribution in [0.2, 0.25) is 0 Å². The van der Waals surface area contributed by atoms with Gasteiger partial charge in [-0.1, -0.05) is 30.3 Å². The van der Waals surface area contributed by atoms with Gasteiger partial charge in [0.15, 0.2) is 0 Å². The van der Waals surface area contributed by atoms with E-state index >= 15 is 0 Å². The average molecular weight is 416 g/mol. The highest BCUT2D eigenvalue weighted by atomic mass is 16.6. The van der Waals surface area contributed by atoms with Crippen LogP contribution in [0, 0.1) is 10.1 Å². The number of nitro groups is 1. The Balaban J connectivity index is 1.63. The van der Waals surface area contributed by atoms with E-state index in [-0.39, 0.29) is 11.2 Å². The van der Waals surface area contributed by atoms with E-state index in [0.717, 1.165) is 18.5 Å². The van der Waals surface area contributed by atoms with E-state index < -0.39 is 4.92 Å². The summed E-state index contributed by atoms with van der Waals surface area (Å²) in [6.45, 7) is 1.36. The summed E-state index contributed by atoms with van der Waals surface area (Å²) in [7, 11) is 0. The summed E-state index contributed by atoms with van der Waals surface area (Å²) in [5.74, 6) is 0. The minimum absolute atomic E-state index is 0.0358. The van der Waals surface area contributed by atoms with E-state index in [1.807, 2.05) is 41.1 Å². The highest BCUT2D eigenvalue weighted by Crippen LogP contribution is 2.20. The summed E-state index contributed by atoms with van der Waals surface area (Å²) in [6, 6.07) is 15.3. The molecule has 0 saturated carbocycles. The van der Waals surface area contributed by atoms with E-state index in [1.165, 1.54) is 28.9 Å². The van der Waals surface area contributed by atoms with Crippen LogP contribution in [0.1, 0.15) is 12.0 Å². The van der Waals surface area contributed by atoms with Gasteiger partial charge in [0.05, 0.1) is 28.2 Å². The minimum Gasteiger partial charge on any atom is -0.337 e. The summed E-state index contributed by atoms with van der Waals surface area (Å²) in [6.07, 6.45) is 7.79. The first-order chi connectivity index (χ1) is 15.1. The zero-order valence-electron chi connectivity index (χ0n) is 16.6. The van der Waals surface area contributed by atoms with Crippen LogP contribution in [0.5, 0.6) is 0 Å². The zero-order valence-corrected chi connectivity index (χ0v) is 16.6. The molecule has 0 aliphatic rings. The Morgan fingerprint density at radius 2 is 1.90 bits per heavy atom. The van der Waals surface area contributed by atoms with Crippen LogP contribution in [-0.4, -0.2) is 37.0 Å². The summed E-state index contributed by atoms with van der Waals surface area (Å²) >= 11 is 0. The Labute approximate surface area is 177 Å². The lowest BCUT2D eigenvalue weighted by Gasteiger charge is -2.02. The van der Waals surface area contributed by atoms with E-state index in [2.05, 4.69) is 15.1 Å². The summed E-state index contributed by atoms with van der Waals surface area (Å²) < 4.78 is 3.35. The van der Waals surface area contributed by atoms with Crippen LogP contribution in [0.4, 0.5) is 5.69 Å². The van der Waals surface area contributed by atoms with Gasteiger partial charge in [-0.05, 0) is 18.6 Å². The molecule has 0 saturated heterocycles. The van der Waals surface area contributed by atoms with Gasteiger partial charge in [-0.3, -0.25) is 25.0 Å². The number of aryl methyl sites for hydroxylation is 1. The van der Waals surface area contributed by atoms with E-state index in [0.29, 0.717) is 23.5 Å². The second-order valence-electron chi connectivity index (χ2n) is 6.87. The molecule has 9 heteroatoms. The number of H-pyrrole nitrogens is 1. The zero-order chi connectivity index (χ0) is 21.6. The summed E-state index contributed by atoms with van der Waals surface area (Å²) in [5.41, 5.74) is 2.12. The Hall–Kier alpha value is -4.27. The fourth-order valence-corrected chi connectivity index (χ4v) is 3.22. The van der Waals surface area contributed by atoms with Gasteiger partial charge in [0.1, 0.15) is 0 Å². The molecule has 0 aliphatic heterocycles. The molecule has 0 spiro atoms. The number of benzene rings is 2. The molecule has 4 aromatic rings. The Kier molecular flexibility index (Phi) is 5.84. The number of hydrogen-bond donors (Lipinski definition) is 1. The van der Waals surface area contributed by atoms with Crippen molar-refractivity contribution in [1.29, 1.82) is 0 Å². The quantitative estimate of drug-likeness (QED) is 0.205. The van der Waals surface area contributed by atoms with Gasteiger partial charge in [-0.25, -0.2) is 9.67 Å². The molecule has 0 amide bonds. The van der Waals surface area contributed by atoms with Crippen LogP contribution in [0.3, 0.4) is 0 Å². The molecule has 0 radical (unpaired) electrons. The van der Waals surface area contributed by atoms with Gasteiger partial charge in [-0.15, -0.1) is 0 Å². The Bertz CT molecular complexity index is 1240. The predicted molar refractivity (Wildman–Crippen MR) is 118 cm³/mol. The van der Waals surface area contributed by atoms with Gasteiger partial charge in [0.2, 0.25) is 0 Å². The van der Waals surface area contributed by atoms with Crippen molar-refractivity contribution < 1.29 is 4.92 Å². The summed E-state index contributed by atoms with van der Waals surface area (Å²) in [4.78, 5) is 32.0. The van der Waals surface area contributed by atoms with Crippen LogP contribution in [0.15, 0.2) is 83.1 Å². The van der Waals surface area contributed by atoms with Crippen LogP contribution in [-0.2, 0) is 6.54 Å². The maximum atomic E-state index is 13.1. The number of aromatic nitrogens is 4. The van der Waals surface area contributed by atoms with Crippen molar-refractivity contribution in [2.45, 2.75) is 13.0 Å². The van der Waals surface area contributed by atoms with E-state index in [9.17, 15) is 14.9 Å². The number of aliphatic imine (C=N–C) groups is 1. The van der Waals surface area contributed by atoms with Crippen molar-refractivity contribution in [1.82, 2.24) is 19.3 Å². The number of nitrogens with one attached hydrogen (secondary N) is 1. The molecule has 9 nitrogen and oxygen atoms in total. The van der Waals surface area contributed by atoms with Gasteiger partial charge in [0, 0.05) is 49.4 Å². The average Bonchev–Trinajstić information content (AvgIpc) is 3.42. The second-order valence-corrected chi connectivity index (χ2v) is 6.87. The lowest BCUT2D eigenvalue weighted by molar-refractivity contribution is -0.384. The molecule has 2 aromatic heterocycles. The maximum absolute atomic E-state index is 13.1. The second kappa shape index (κ2) is 9.04. The molecule has 0 unspecified atom stereocenters. The largest absolute Gasteiger partial charge is 0.337 e. The highest BCUT2D eigenvalue weighted by Gasteiger charge is 2.16. The van der Waals surface area contributed by atoms with Crippen molar-refractivity contribution in [2.24, 2.45) is 4.99 Å². The molecular formula is C22H20N6O3. The third-order valence-corrected chi connectivity index (χ3v) is 4.79. The van der Waals surface area contributed by atoms with Gasteiger partial charge < -0.3 is 4.57 Å². The number of nitrogens with zero attached hydrogens (tertiary/aromatic N) is 5. The predicted octanol–water partition coefficient (Wildman–Crippen LogP) is 3.45. The van der Waals surface area contributed by atoms with Crippen molar-refractivity contribution in [2.75, 3.05) is 6.54 Å². The molecule has 0 aliphatic carbocycles. The standard InChI is InChI=1S/C22H20N6O3/c29-22-20(15-23-11-4-13-26-14-12-24-16-26)21(17-5-2-1-3-6-17)25-27(22)18-7-9-19(10-8-18)28(30)31/h1-3,5-10,12,14-16,25H,4,11,13H2. The van der Waals surface area contributed by atoms with Gasteiger partial charge in [0.25, 0.3) is 11.2 Å². The smallest absolute Gasteiger partial charge is 0.280 e. The van der Waals surface area contributed by atoms with E-state index in [1.54, 1.807) is 18.7 Å². The number of non-ortho nitro benzene ring substituents is 1. The molecule has 156 valence electrons. The summed E-state index contributed by atoms with van der Waals surface area (Å²) in [5, 5.41) is 14.0. The molecule has 2 aromatic carbocycles. The maximum Gasteiger partial charge on any atom is 0.280 e. The number of nitro benzene ring substituents is 1. The van der Waals surface area contributed by atoms with Crippen molar-refractivity contribution in [3.8, 4) is 16.9 Å². The van der Waals surface area contributed by atoms with Crippen molar-refractivity contribution >= 4 is 11.9 Å². The van der Waals surface area contributed by atoms with E-state index in [4.69, 9.17) is 0 Å². The number of hydrogen-bond acceptors (Lipinski definition) is 5. The molecule has 0 fully saturated rings. The number of imidazole rings is 1. The SMILES string of the molecule is O=c1c(C=NCCCn2ccnc2)c(-c2ccccc2)[nH]n1-c1ccc([N+](=O)[O-])cc1. The molecule has 0 bridgehead atoms. The molecule has 2 heterocycles. The molecule has 1 N–H and O–H groups in total. The third-order valence-electron chi connectivity index (χ3n) is 4.79. The monoisotopic (exact) mass is 416 g/mol. The fraction of sp³-hybridized carbons (Fsp3) is 0.136. The fourth-order valence-electron chi connectivity index (χ4n) is 3.22. The molecular weight excluding hydrogens is 396 g/mol. The minimum atomic E-state index is -0.474. The molecule has 4 rings (SSSR count). The first-order valence-corrected chi connectivity index (χ1v) is 9.74. The van der Waals surface area contributed by atoms with Crippen molar-refractivity contribution in [3.05, 3.63) is 99.3 Å². The Morgan fingerprint density at radius 1 is 1.13 bits per heavy atom. The molecule has 0 atom stereocenters. The number of rotatable bonds is 8. The normalized spacial score (nSPS) is 11.2. The first kappa shape index (κ1) is 20.0. The van der Waals surface area contributed by atoms with Crippen LogP contribution < -0.4 is 5.56 Å². The first-order valence-electron chi connectivity index (χ1n) is 9.74.